The van der Waals surface area contributed by atoms with Gasteiger partial charge in [-0.05, 0) is 54.0 Å². The van der Waals surface area contributed by atoms with Crippen LogP contribution in [0, 0.1) is 0 Å². The fourth-order valence-electron chi connectivity index (χ4n) is 3.67. The van der Waals surface area contributed by atoms with Crippen molar-refractivity contribution in [3.8, 4) is 0 Å². The summed E-state index contributed by atoms with van der Waals surface area (Å²) in [5.74, 6) is 0. The average Bonchev–Trinajstić information content (AvgIpc) is 2.58. The molecule has 0 N–H and O–H groups in total. The third-order valence-electron chi connectivity index (χ3n) is 5.72. The summed E-state index contributed by atoms with van der Waals surface area (Å²) in [7, 11) is 1.74. The van der Waals surface area contributed by atoms with Crippen molar-refractivity contribution in [2.75, 3.05) is 31.6 Å². The van der Waals surface area contributed by atoms with Crippen molar-refractivity contribution < 1.29 is 18.0 Å². The third kappa shape index (κ3) is 5.47. The number of benzene rings is 1. The predicted octanol–water partition coefficient (Wildman–Crippen LogP) is 4.88. The van der Waals surface area contributed by atoms with Crippen molar-refractivity contribution in [3.05, 3.63) is 29.3 Å². The second-order valence-electron chi connectivity index (χ2n) is 8.97. The lowest BCUT2D eigenvalue weighted by molar-refractivity contribution is -0.138. The SMILES string of the molecule is CN(C=O)c1ccc(C(C)(C)C)cc1C1(C)CCN(CCC(F)(F)F)CC1. The number of hydrogen-bond acceptors (Lipinski definition) is 2. The van der Waals surface area contributed by atoms with Crippen molar-refractivity contribution in [1.29, 1.82) is 0 Å². The molecule has 1 aliphatic rings. The molecule has 27 heavy (non-hydrogen) atoms. The molecule has 1 aromatic carbocycles. The Labute approximate surface area is 160 Å². The second kappa shape index (κ2) is 7.82. The minimum atomic E-state index is -4.11. The van der Waals surface area contributed by atoms with E-state index < -0.39 is 12.6 Å². The number of piperidine rings is 1. The summed E-state index contributed by atoms with van der Waals surface area (Å²) in [6, 6.07) is 6.23. The molecule has 1 heterocycles. The number of halogens is 3. The zero-order valence-corrected chi connectivity index (χ0v) is 17.0. The summed E-state index contributed by atoms with van der Waals surface area (Å²) in [6.45, 7) is 9.94. The highest BCUT2D eigenvalue weighted by atomic mass is 19.4. The Bertz CT molecular complexity index is 656. The molecule has 0 saturated carbocycles. The van der Waals surface area contributed by atoms with Crippen LogP contribution < -0.4 is 4.90 Å². The summed E-state index contributed by atoms with van der Waals surface area (Å²) < 4.78 is 37.5. The number of alkyl halides is 3. The van der Waals surface area contributed by atoms with Crippen molar-refractivity contribution in [1.82, 2.24) is 4.90 Å². The molecule has 0 spiro atoms. The number of carbonyl (C=O) groups is 1. The quantitative estimate of drug-likeness (QED) is 0.676. The Hall–Kier alpha value is -1.56. The van der Waals surface area contributed by atoms with Crippen molar-refractivity contribution in [3.63, 3.8) is 0 Å². The number of hydrogen-bond donors (Lipinski definition) is 0. The number of anilines is 1. The number of nitrogens with zero attached hydrogens (tertiary/aromatic N) is 2. The Morgan fingerprint density at radius 1 is 1.19 bits per heavy atom. The maximum Gasteiger partial charge on any atom is 0.390 e. The van der Waals surface area contributed by atoms with E-state index in [4.69, 9.17) is 0 Å². The van der Waals surface area contributed by atoms with Gasteiger partial charge in [0.05, 0.1) is 6.42 Å². The van der Waals surface area contributed by atoms with E-state index in [0.717, 1.165) is 30.5 Å². The molecule has 1 amide bonds. The van der Waals surface area contributed by atoms with Crippen molar-refractivity contribution >= 4 is 12.1 Å². The third-order valence-corrected chi connectivity index (χ3v) is 5.72. The van der Waals surface area contributed by atoms with Gasteiger partial charge in [-0.25, -0.2) is 0 Å². The highest BCUT2D eigenvalue weighted by molar-refractivity contribution is 5.77. The first kappa shape index (κ1) is 21.7. The van der Waals surface area contributed by atoms with Crippen LogP contribution in [-0.2, 0) is 15.6 Å². The van der Waals surface area contributed by atoms with Crippen LogP contribution in [0.1, 0.15) is 58.1 Å². The van der Waals surface area contributed by atoms with Gasteiger partial charge in [-0.15, -0.1) is 0 Å². The first-order valence-corrected chi connectivity index (χ1v) is 9.48. The number of rotatable bonds is 5. The fraction of sp³-hybridized carbons (Fsp3) is 0.667. The van der Waals surface area contributed by atoms with Gasteiger partial charge in [0, 0.05) is 19.3 Å². The minimum absolute atomic E-state index is 0.0171. The highest BCUT2D eigenvalue weighted by Crippen LogP contribution is 2.42. The van der Waals surface area contributed by atoms with E-state index in [9.17, 15) is 18.0 Å². The maximum absolute atomic E-state index is 12.5. The van der Waals surface area contributed by atoms with Gasteiger partial charge in [0.1, 0.15) is 0 Å². The largest absolute Gasteiger partial charge is 0.390 e. The van der Waals surface area contributed by atoms with Crippen LogP contribution in [0.2, 0.25) is 0 Å². The van der Waals surface area contributed by atoms with Crippen molar-refractivity contribution in [2.24, 2.45) is 0 Å². The van der Waals surface area contributed by atoms with E-state index in [-0.39, 0.29) is 17.4 Å². The smallest absolute Gasteiger partial charge is 0.318 e. The zero-order valence-electron chi connectivity index (χ0n) is 17.0. The Kier molecular flexibility index (Phi) is 6.30. The number of amides is 1. The van der Waals surface area contributed by atoms with Crippen LogP contribution in [0.25, 0.3) is 0 Å². The first-order valence-electron chi connectivity index (χ1n) is 9.48. The molecular formula is C21H31F3N2O. The van der Waals surface area contributed by atoms with Gasteiger partial charge in [0.15, 0.2) is 0 Å². The van der Waals surface area contributed by atoms with Crippen LogP contribution >= 0.6 is 0 Å². The maximum atomic E-state index is 12.5. The summed E-state index contributed by atoms with van der Waals surface area (Å²) in [4.78, 5) is 14.9. The minimum Gasteiger partial charge on any atom is -0.318 e. The molecular weight excluding hydrogens is 353 g/mol. The summed E-state index contributed by atoms with van der Waals surface area (Å²) in [5.41, 5.74) is 3.00. The van der Waals surface area contributed by atoms with E-state index >= 15 is 0 Å². The molecule has 3 nitrogen and oxygen atoms in total. The van der Waals surface area contributed by atoms with Gasteiger partial charge in [-0.1, -0.05) is 39.8 Å². The number of carbonyl (C=O) groups excluding carboxylic acids is 1. The van der Waals surface area contributed by atoms with Crippen LogP contribution in [-0.4, -0.2) is 44.2 Å². The van der Waals surface area contributed by atoms with Crippen LogP contribution in [0.15, 0.2) is 18.2 Å². The molecule has 152 valence electrons. The van der Waals surface area contributed by atoms with Crippen LogP contribution in [0.4, 0.5) is 18.9 Å². The molecule has 2 rings (SSSR count). The topological polar surface area (TPSA) is 23.6 Å². The lowest BCUT2D eigenvalue weighted by Crippen LogP contribution is -2.42. The molecule has 0 unspecified atom stereocenters. The zero-order chi connectivity index (χ0) is 20.5. The normalized spacial score (nSPS) is 18.4. The summed E-state index contributed by atoms with van der Waals surface area (Å²) >= 11 is 0. The van der Waals surface area contributed by atoms with Gasteiger partial charge >= 0.3 is 6.18 Å². The molecule has 0 radical (unpaired) electrons. The molecule has 1 saturated heterocycles. The first-order chi connectivity index (χ1) is 12.4. The second-order valence-corrected chi connectivity index (χ2v) is 8.97. The van der Waals surface area contributed by atoms with Crippen LogP contribution in [0.3, 0.4) is 0 Å². The van der Waals surface area contributed by atoms with E-state index in [1.165, 1.54) is 5.56 Å². The van der Waals surface area contributed by atoms with E-state index in [1.807, 2.05) is 11.0 Å². The van der Waals surface area contributed by atoms with E-state index in [2.05, 4.69) is 39.8 Å². The van der Waals surface area contributed by atoms with Crippen LogP contribution in [0.5, 0.6) is 0 Å². The Balaban J connectivity index is 2.26. The van der Waals surface area contributed by atoms with Gasteiger partial charge in [-0.2, -0.15) is 13.2 Å². The molecule has 0 atom stereocenters. The van der Waals surface area contributed by atoms with Gasteiger partial charge < -0.3 is 9.80 Å². The lowest BCUT2D eigenvalue weighted by atomic mass is 9.72. The lowest BCUT2D eigenvalue weighted by Gasteiger charge is -2.42. The summed E-state index contributed by atoms with van der Waals surface area (Å²) in [6.07, 6.45) is -2.52. The molecule has 0 bridgehead atoms. The molecule has 0 aromatic heterocycles. The van der Waals surface area contributed by atoms with Gasteiger partial charge in [-0.3, -0.25) is 4.79 Å². The van der Waals surface area contributed by atoms with E-state index in [0.29, 0.717) is 13.1 Å². The van der Waals surface area contributed by atoms with Gasteiger partial charge in [0.25, 0.3) is 0 Å². The Morgan fingerprint density at radius 3 is 2.26 bits per heavy atom. The molecule has 0 aliphatic carbocycles. The highest BCUT2D eigenvalue weighted by Gasteiger charge is 2.36. The molecule has 6 heteroatoms. The Morgan fingerprint density at radius 2 is 1.78 bits per heavy atom. The van der Waals surface area contributed by atoms with Gasteiger partial charge in [0.2, 0.25) is 6.41 Å². The molecule has 1 aromatic rings. The monoisotopic (exact) mass is 384 g/mol. The molecule has 1 fully saturated rings. The predicted molar refractivity (Wildman–Crippen MR) is 103 cm³/mol. The number of likely N-dealkylation sites (tertiary alicyclic amines) is 1. The van der Waals surface area contributed by atoms with E-state index in [1.54, 1.807) is 11.9 Å². The average molecular weight is 384 g/mol. The fourth-order valence-corrected chi connectivity index (χ4v) is 3.67. The molecule has 1 aliphatic heterocycles. The van der Waals surface area contributed by atoms with Crippen molar-refractivity contribution in [2.45, 2.75) is 64.0 Å². The summed E-state index contributed by atoms with van der Waals surface area (Å²) in [5, 5.41) is 0. The standard InChI is InChI=1S/C21H31F3N2O/c1-19(2,3)16-6-7-18(25(5)15-27)17(14-16)20(4)8-11-26(12-9-20)13-10-21(22,23)24/h6-7,14-15H,8-13H2,1-5H3.